The molecule has 0 unspecified atom stereocenters. The van der Waals surface area contributed by atoms with Crippen molar-refractivity contribution in [3.8, 4) is 5.75 Å². The molecular weight excluding hydrogens is 318 g/mol. The summed E-state index contributed by atoms with van der Waals surface area (Å²) in [6.07, 6.45) is 0. The summed E-state index contributed by atoms with van der Waals surface area (Å²) in [5, 5.41) is 5.51. The topological polar surface area (TPSA) is 70.7 Å². The zero-order valence-corrected chi connectivity index (χ0v) is 13.9. The number of nitrogens with one attached hydrogen (secondary N) is 2. The maximum Gasteiger partial charge on any atom is 0.323 e. The van der Waals surface area contributed by atoms with Crippen LogP contribution in [0.2, 0.25) is 0 Å². The normalized spacial score (nSPS) is 12.8. The predicted octanol–water partition coefficient (Wildman–Crippen LogP) is 3.63. The van der Waals surface area contributed by atoms with Gasteiger partial charge in [0.25, 0.3) is 5.91 Å². The molecule has 0 fully saturated rings. The van der Waals surface area contributed by atoms with Gasteiger partial charge in [-0.1, -0.05) is 30.4 Å². The van der Waals surface area contributed by atoms with Crippen LogP contribution in [0.25, 0.3) is 0 Å². The molecule has 0 aliphatic carbocycles. The van der Waals surface area contributed by atoms with Gasteiger partial charge in [-0.2, -0.15) is 0 Å². The fourth-order valence-electron chi connectivity index (χ4n) is 2.54. The van der Waals surface area contributed by atoms with Gasteiger partial charge in [-0.05, 0) is 37.3 Å². The zero-order chi connectivity index (χ0) is 17.8. The van der Waals surface area contributed by atoms with Crippen LogP contribution < -0.4 is 20.3 Å². The molecule has 2 aromatic carbocycles. The Morgan fingerprint density at radius 3 is 2.60 bits per heavy atom. The second kappa shape index (κ2) is 7.09. The van der Waals surface area contributed by atoms with Crippen molar-refractivity contribution < 1.29 is 14.3 Å². The Balaban J connectivity index is 1.77. The van der Waals surface area contributed by atoms with E-state index in [-0.39, 0.29) is 18.5 Å². The van der Waals surface area contributed by atoms with Crippen molar-refractivity contribution >= 4 is 29.0 Å². The highest BCUT2D eigenvalue weighted by Gasteiger charge is 2.25. The van der Waals surface area contributed by atoms with E-state index in [1.807, 2.05) is 25.1 Å². The van der Waals surface area contributed by atoms with Crippen LogP contribution in [0, 0.1) is 0 Å². The van der Waals surface area contributed by atoms with Crippen molar-refractivity contribution in [3.05, 3.63) is 60.7 Å². The van der Waals surface area contributed by atoms with Gasteiger partial charge in [0.2, 0.25) is 0 Å². The molecule has 0 atom stereocenters. The third kappa shape index (κ3) is 3.98. The van der Waals surface area contributed by atoms with Gasteiger partial charge in [-0.3, -0.25) is 4.79 Å². The van der Waals surface area contributed by atoms with E-state index in [2.05, 4.69) is 17.2 Å². The molecule has 0 spiro atoms. The standard InChI is InChI=1S/C19H19N3O3/c1-13(2)11-22-16-10-15(8-9-17(16)25-12-18(22)23)21-19(24)20-14-6-4-3-5-7-14/h3-10H,1,11-12H2,2H3,(H2,20,21,24). The minimum absolute atomic E-state index is 0.00154. The van der Waals surface area contributed by atoms with Gasteiger partial charge in [-0.25, -0.2) is 4.79 Å². The number of nitrogens with zero attached hydrogens (tertiary/aromatic N) is 1. The summed E-state index contributed by atoms with van der Waals surface area (Å²) in [5.41, 5.74) is 2.75. The second-order valence-corrected chi connectivity index (χ2v) is 5.85. The number of carbonyl (C=O) groups is 2. The number of carbonyl (C=O) groups excluding carboxylic acids is 2. The maximum absolute atomic E-state index is 12.1. The summed E-state index contributed by atoms with van der Waals surface area (Å²) >= 11 is 0. The molecule has 0 aromatic heterocycles. The number of urea groups is 1. The van der Waals surface area contributed by atoms with Crippen LogP contribution in [0.3, 0.4) is 0 Å². The van der Waals surface area contributed by atoms with E-state index in [0.29, 0.717) is 29.4 Å². The maximum atomic E-state index is 12.1. The van der Waals surface area contributed by atoms with Crippen molar-refractivity contribution in [2.45, 2.75) is 6.92 Å². The first-order chi connectivity index (χ1) is 12.0. The Morgan fingerprint density at radius 1 is 1.16 bits per heavy atom. The smallest absolute Gasteiger partial charge is 0.323 e. The summed E-state index contributed by atoms with van der Waals surface area (Å²) in [7, 11) is 0. The van der Waals surface area contributed by atoms with E-state index in [0.717, 1.165) is 5.57 Å². The van der Waals surface area contributed by atoms with Gasteiger partial charge in [0.15, 0.2) is 6.61 Å². The van der Waals surface area contributed by atoms with Crippen LogP contribution in [-0.4, -0.2) is 25.1 Å². The van der Waals surface area contributed by atoms with E-state index >= 15 is 0 Å². The summed E-state index contributed by atoms with van der Waals surface area (Å²) in [6.45, 7) is 6.13. The molecule has 0 saturated heterocycles. The largest absolute Gasteiger partial charge is 0.482 e. The lowest BCUT2D eigenvalue weighted by molar-refractivity contribution is -0.121. The molecule has 0 saturated carbocycles. The number of ether oxygens (including phenoxy) is 1. The molecule has 0 bridgehead atoms. The predicted molar refractivity (Wildman–Crippen MR) is 98.2 cm³/mol. The van der Waals surface area contributed by atoms with Gasteiger partial charge in [0, 0.05) is 17.9 Å². The first-order valence-electron chi connectivity index (χ1n) is 7.87. The van der Waals surface area contributed by atoms with Gasteiger partial charge >= 0.3 is 6.03 Å². The molecule has 6 heteroatoms. The number of hydrogen-bond donors (Lipinski definition) is 2. The monoisotopic (exact) mass is 337 g/mol. The average molecular weight is 337 g/mol. The third-order valence-electron chi connectivity index (χ3n) is 3.62. The van der Waals surface area contributed by atoms with Crippen molar-refractivity contribution in [2.24, 2.45) is 0 Å². The highest BCUT2D eigenvalue weighted by molar-refractivity contribution is 6.02. The molecular formula is C19H19N3O3. The van der Waals surface area contributed by atoms with Crippen LogP contribution in [0.15, 0.2) is 60.7 Å². The number of amides is 3. The van der Waals surface area contributed by atoms with Crippen LogP contribution in [0.4, 0.5) is 21.9 Å². The van der Waals surface area contributed by atoms with E-state index in [1.54, 1.807) is 35.2 Å². The van der Waals surface area contributed by atoms with Crippen LogP contribution >= 0.6 is 0 Å². The fourth-order valence-corrected chi connectivity index (χ4v) is 2.54. The number of rotatable bonds is 4. The fraction of sp³-hybridized carbons (Fsp3) is 0.158. The summed E-state index contributed by atoms with van der Waals surface area (Å²) in [4.78, 5) is 25.9. The highest BCUT2D eigenvalue weighted by atomic mass is 16.5. The van der Waals surface area contributed by atoms with Gasteiger partial charge in [-0.15, -0.1) is 0 Å². The van der Waals surface area contributed by atoms with E-state index in [4.69, 9.17) is 4.74 Å². The molecule has 3 amide bonds. The molecule has 1 aliphatic rings. The number of benzene rings is 2. The number of hydrogen-bond acceptors (Lipinski definition) is 3. The molecule has 3 rings (SSSR count). The summed E-state index contributed by atoms with van der Waals surface area (Å²) in [5.74, 6) is 0.469. The van der Waals surface area contributed by atoms with E-state index in [1.165, 1.54) is 0 Å². The first kappa shape index (κ1) is 16.6. The SMILES string of the molecule is C=C(C)CN1C(=O)COc2ccc(NC(=O)Nc3ccccc3)cc21. The molecule has 1 aliphatic heterocycles. The molecule has 2 aromatic rings. The summed E-state index contributed by atoms with van der Waals surface area (Å²) < 4.78 is 5.45. The Kier molecular flexibility index (Phi) is 4.70. The first-order valence-corrected chi connectivity index (χ1v) is 7.87. The van der Waals surface area contributed by atoms with E-state index in [9.17, 15) is 9.59 Å². The second-order valence-electron chi connectivity index (χ2n) is 5.85. The number of fused-ring (bicyclic) bond motifs is 1. The lowest BCUT2D eigenvalue weighted by Crippen LogP contribution is -2.39. The summed E-state index contributed by atoms with van der Waals surface area (Å²) in [6, 6.07) is 14.0. The van der Waals surface area contributed by atoms with Gasteiger partial charge < -0.3 is 20.3 Å². The van der Waals surface area contributed by atoms with Gasteiger partial charge in [0.1, 0.15) is 5.75 Å². The highest BCUT2D eigenvalue weighted by Crippen LogP contribution is 2.35. The van der Waals surface area contributed by atoms with Crippen LogP contribution in [0.1, 0.15) is 6.92 Å². The van der Waals surface area contributed by atoms with Crippen LogP contribution in [-0.2, 0) is 4.79 Å². The van der Waals surface area contributed by atoms with E-state index < -0.39 is 0 Å². The molecule has 2 N–H and O–H groups in total. The Morgan fingerprint density at radius 2 is 1.88 bits per heavy atom. The van der Waals surface area contributed by atoms with Gasteiger partial charge in [0.05, 0.1) is 5.69 Å². The minimum atomic E-state index is -0.361. The lowest BCUT2D eigenvalue weighted by atomic mass is 10.2. The zero-order valence-electron chi connectivity index (χ0n) is 13.9. The van der Waals surface area contributed by atoms with Crippen molar-refractivity contribution in [2.75, 3.05) is 28.7 Å². The Labute approximate surface area is 146 Å². The van der Waals surface area contributed by atoms with Crippen LogP contribution in [0.5, 0.6) is 5.75 Å². The Hall–Kier alpha value is -3.28. The number of anilines is 3. The van der Waals surface area contributed by atoms with Crippen molar-refractivity contribution in [3.63, 3.8) is 0 Å². The molecule has 6 nitrogen and oxygen atoms in total. The third-order valence-corrected chi connectivity index (χ3v) is 3.62. The van der Waals surface area contributed by atoms with Crippen molar-refractivity contribution in [1.82, 2.24) is 0 Å². The number of para-hydroxylation sites is 1. The molecule has 0 radical (unpaired) electrons. The lowest BCUT2D eigenvalue weighted by Gasteiger charge is -2.30. The molecule has 128 valence electrons. The molecule has 1 heterocycles. The molecule has 25 heavy (non-hydrogen) atoms. The quantitative estimate of drug-likeness (QED) is 0.837. The Bertz CT molecular complexity index is 818. The average Bonchev–Trinajstić information content (AvgIpc) is 2.58. The minimum Gasteiger partial charge on any atom is -0.482 e. The van der Waals surface area contributed by atoms with Crippen molar-refractivity contribution in [1.29, 1.82) is 0 Å².